The molecule has 1 saturated carbocycles. The highest BCUT2D eigenvalue weighted by molar-refractivity contribution is 6.30. The Morgan fingerprint density at radius 1 is 1.15 bits per heavy atom. The van der Waals surface area contributed by atoms with Crippen molar-refractivity contribution in [2.75, 3.05) is 24.5 Å². The summed E-state index contributed by atoms with van der Waals surface area (Å²) >= 11 is 6.00. The van der Waals surface area contributed by atoms with Gasteiger partial charge in [0.1, 0.15) is 17.3 Å². The third-order valence-electron chi connectivity index (χ3n) is 5.84. The molecule has 1 unspecified atom stereocenters. The number of aromatic nitrogens is 2. The van der Waals surface area contributed by atoms with Gasteiger partial charge in [-0.3, -0.25) is 4.79 Å². The number of hydrogen-bond donors (Lipinski definition) is 1. The molecule has 0 spiro atoms. The smallest absolute Gasteiger partial charge is 0.270 e. The Bertz CT molecular complexity index is 878. The van der Waals surface area contributed by atoms with Crippen LogP contribution in [0.5, 0.6) is 0 Å². The topological polar surface area (TPSA) is 58.1 Å². The van der Waals surface area contributed by atoms with Crippen LogP contribution in [-0.2, 0) is 12.8 Å². The molecule has 140 valence electrons. The molecule has 5 rings (SSSR count). The highest BCUT2D eigenvalue weighted by Gasteiger charge is 2.34. The maximum absolute atomic E-state index is 12.4. The van der Waals surface area contributed by atoms with Crippen LogP contribution in [0.3, 0.4) is 0 Å². The number of halogens is 1. The molecule has 1 amide bonds. The number of nitrogens with zero attached hydrogens (tertiary/aromatic N) is 3. The average molecular weight is 383 g/mol. The van der Waals surface area contributed by atoms with E-state index in [0.29, 0.717) is 24.1 Å². The number of anilines is 1. The van der Waals surface area contributed by atoms with Crippen LogP contribution in [0.25, 0.3) is 0 Å². The zero-order chi connectivity index (χ0) is 18.4. The molecule has 1 N–H and O–H groups in total. The van der Waals surface area contributed by atoms with Crippen molar-refractivity contribution in [3.63, 3.8) is 0 Å². The first kappa shape index (κ1) is 17.0. The second-order valence-corrected chi connectivity index (χ2v) is 8.38. The predicted molar refractivity (Wildman–Crippen MR) is 106 cm³/mol. The summed E-state index contributed by atoms with van der Waals surface area (Å²) < 4.78 is 0. The lowest BCUT2D eigenvalue weighted by Gasteiger charge is -2.25. The van der Waals surface area contributed by atoms with E-state index in [9.17, 15) is 4.79 Å². The van der Waals surface area contributed by atoms with Crippen molar-refractivity contribution in [3.05, 3.63) is 51.9 Å². The van der Waals surface area contributed by atoms with Crippen LogP contribution < -0.4 is 10.2 Å². The molecule has 2 aromatic rings. The third-order valence-corrected chi connectivity index (χ3v) is 6.10. The summed E-state index contributed by atoms with van der Waals surface area (Å²) in [5.74, 6) is 2.87. The van der Waals surface area contributed by atoms with Gasteiger partial charge in [0.15, 0.2) is 0 Å². The Hall–Kier alpha value is -2.14. The van der Waals surface area contributed by atoms with Crippen molar-refractivity contribution < 1.29 is 4.79 Å². The van der Waals surface area contributed by atoms with Crippen molar-refractivity contribution in [1.82, 2.24) is 15.3 Å². The highest BCUT2D eigenvalue weighted by atomic mass is 35.5. The lowest BCUT2D eigenvalue weighted by Crippen LogP contribution is -2.35. The van der Waals surface area contributed by atoms with Gasteiger partial charge in [-0.25, -0.2) is 9.97 Å². The van der Waals surface area contributed by atoms with Gasteiger partial charge in [0.2, 0.25) is 0 Å². The Balaban J connectivity index is 1.39. The van der Waals surface area contributed by atoms with Crippen LogP contribution >= 0.6 is 11.6 Å². The van der Waals surface area contributed by atoms with Gasteiger partial charge in [0.05, 0.1) is 0 Å². The van der Waals surface area contributed by atoms with Crippen LogP contribution in [0.2, 0.25) is 5.02 Å². The molecule has 3 aliphatic rings. The summed E-state index contributed by atoms with van der Waals surface area (Å²) in [6.07, 6.45) is 5.29. The fourth-order valence-electron chi connectivity index (χ4n) is 4.22. The molecular weight excluding hydrogens is 360 g/mol. The fraction of sp³-hybridized carbons (Fsp3) is 0.476. The van der Waals surface area contributed by atoms with Crippen molar-refractivity contribution >= 4 is 23.3 Å². The maximum Gasteiger partial charge on any atom is 0.270 e. The Morgan fingerprint density at radius 2 is 1.96 bits per heavy atom. The fourth-order valence-corrected chi connectivity index (χ4v) is 4.35. The van der Waals surface area contributed by atoms with Gasteiger partial charge >= 0.3 is 0 Å². The zero-order valence-corrected chi connectivity index (χ0v) is 16.0. The number of hydrogen-bond acceptors (Lipinski definition) is 4. The van der Waals surface area contributed by atoms with E-state index >= 15 is 0 Å². The number of amides is 1. The Kier molecular flexibility index (Phi) is 4.27. The first-order valence-electron chi connectivity index (χ1n) is 9.86. The maximum atomic E-state index is 12.4. The minimum Gasteiger partial charge on any atom is -0.356 e. The van der Waals surface area contributed by atoms with E-state index in [0.717, 1.165) is 67.4 Å². The van der Waals surface area contributed by atoms with Crippen molar-refractivity contribution in [1.29, 1.82) is 0 Å². The monoisotopic (exact) mass is 382 g/mol. The van der Waals surface area contributed by atoms with Crippen molar-refractivity contribution in [2.45, 2.75) is 38.0 Å². The number of rotatable bonds is 4. The number of carbonyl (C=O) groups excluding carboxylic acids is 1. The van der Waals surface area contributed by atoms with E-state index in [-0.39, 0.29) is 5.91 Å². The summed E-state index contributed by atoms with van der Waals surface area (Å²) in [6, 6.07) is 8.16. The zero-order valence-electron chi connectivity index (χ0n) is 15.2. The summed E-state index contributed by atoms with van der Waals surface area (Å²) in [5.41, 5.74) is 2.97. The second kappa shape index (κ2) is 6.79. The molecule has 5 nitrogen and oxygen atoms in total. The number of nitrogens with one attached hydrogen (secondary N) is 1. The molecule has 0 radical (unpaired) electrons. The molecular formula is C21H23ClN4O. The molecule has 1 aliphatic carbocycles. The minimum atomic E-state index is -0.0429. The third kappa shape index (κ3) is 3.41. The molecule has 1 aromatic carbocycles. The van der Waals surface area contributed by atoms with Crippen LogP contribution in [0.1, 0.15) is 52.6 Å². The molecule has 6 heteroatoms. The lowest BCUT2D eigenvalue weighted by atomic mass is 9.99. The molecule has 3 heterocycles. The lowest BCUT2D eigenvalue weighted by molar-refractivity contribution is 0.0940. The van der Waals surface area contributed by atoms with E-state index < -0.39 is 0 Å². The SMILES string of the molecule is O=C1NCCc2c1nc(C1CC1)nc2N1CCC(Cc2ccc(Cl)cc2)C1. The van der Waals surface area contributed by atoms with Gasteiger partial charge in [0, 0.05) is 36.1 Å². The summed E-state index contributed by atoms with van der Waals surface area (Å²) in [7, 11) is 0. The highest BCUT2D eigenvalue weighted by Crippen LogP contribution is 2.40. The molecule has 27 heavy (non-hydrogen) atoms. The summed E-state index contributed by atoms with van der Waals surface area (Å²) in [4.78, 5) is 24.3. The normalized spacial score (nSPS) is 21.9. The van der Waals surface area contributed by atoms with Gasteiger partial charge in [-0.2, -0.15) is 0 Å². The van der Waals surface area contributed by atoms with E-state index in [1.54, 1.807) is 0 Å². The van der Waals surface area contributed by atoms with Gasteiger partial charge in [-0.05, 0) is 55.7 Å². The largest absolute Gasteiger partial charge is 0.356 e. The van der Waals surface area contributed by atoms with Gasteiger partial charge in [0.25, 0.3) is 5.91 Å². The van der Waals surface area contributed by atoms with Crippen LogP contribution in [-0.4, -0.2) is 35.5 Å². The quantitative estimate of drug-likeness (QED) is 0.880. The Morgan fingerprint density at radius 3 is 2.74 bits per heavy atom. The minimum absolute atomic E-state index is 0.0429. The van der Waals surface area contributed by atoms with Crippen molar-refractivity contribution in [2.24, 2.45) is 5.92 Å². The molecule has 2 fully saturated rings. The summed E-state index contributed by atoms with van der Waals surface area (Å²) in [5, 5.41) is 3.71. The molecule has 2 aliphatic heterocycles. The number of carbonyl (C=O) groups is 1. The standard InChI is InChI=1S/C21H23ClN4O/c22-16-5-1-13(2-6-16)11-14-8-10-26(12-14)20-17-7-9-23-21(27)18(17)24-19(25-20)15-3-4-15/h1-2,5-6,14-15H,3-4,7-12H2,(H,23,27). The molecule has 1 saturated heterocycles. The molecule has 1 aromatic heterocycles. The Labute approximate surface area is 164 Å². The van der Waals surface area contributed by atoms with Gasteiger partial charge in [-0.1, -0.05) is 23.7 Å². The van der Waals surface area contributed by atoms with E-state index in [1.807, 2.05) is 12.1 Å². The van der Waals surface area contributed by atoms with Gasteiger partial charge < -0.3 is 10.2 Å². The second-order valence-electron chi connectivity index (χ2n) is 7.94. The summed E-state index contributed by atoms with van der Waals surface area (Å²) in [6.45, 7) is 2.65. The van der Waals surface area contributed by atoms with Crippen LogP contribution in [0, 0.1) is 5.92 Å². The average Bonchev–Trinajstić information content (AvgIpc) is 3.43. The van der Waals surface area contributed by atoms with Gasteiger partial charge in [-0.15, -0.1) is 0 Å². The number of benzene rings is 1. The van der Waals surface area contributed by atoms with Crippen LogP contribution in [0.4, 0.5) is 5.82 Å². The molecule has 0 bridgehead atoms. The number of fused-ring (bicyclic) bond motifs is 1. The van der Waals surface area contributed by atoms with E-state index in [1.165, 1.54) is 5.56 Å². The van der Waals surface area contributed by atoms with Crippen LogP contribution in [0.15, 0.2) is 24.3 Å². The van der Waals surface area contributed by atoms with E-state index in [2.05, 4.69) is 27.3 Å². The first-order valence-corrected chi connectivity index (χ1v) is 10.2. The molecule has 1 atom stereocenters. The first-order chi connectivity index (χ1) is 13.2. The van der Waals surface area contributed by atoms with Crippen molar-refractivity contribution in [3.8, 4) is 0 Å². The predicted octanol–water partition coefficient (Wildman–Crippen LogP) is 3.36. The van der Waals surface area contributed by atoms with E-state index in [4.69, 9.17) is 16.6 Å².